The molecule has 8 nitrogen and oxygen atoms in total. The van der Waals surface area contributed by atoms with Crippen LogP contribution < -0.4 is 5.56 Å². The number of hydrogen-bond donors (Lipinski definition) is 0. The maximum atomic E-state index is 13.1. The van der Waals surface area contributed by atoms with E-state index in [0.717, 1.165) is 26.8 Å². The third-order valence-corrected chi connectivity index (χ3v) is 8.11. The summed E-state index contributed by atoms with van der Waals surface area (Å²) < 4.78 is 3.96. The maximum Gasteiger partial charge on any atom is 0.283 e. The van der Waals surface area contributed by atoms with Crippen LogP contribution in [0.1, 0.15) is 17.0 Å². The first-order valence-corrected chi connectivity index (χ1v) is 12.8. The highest BCUT2D eigenvalue weighted by molar-refractivity contribution is 8.01. The Bertz CT molecular complexity index is 1720. The van der Waals surface area contributed by atoms with Crippen molar-refractivity contribution in [1.82, 2.24) is 14.2 Å². The SMILES string of the molecule is Cc1cc(/C=N\n2cnc3sc(Sc4ccccc4[N+](=O)[O-])cc3c2=O)c(C)n1-c1ccccc1Cl. The molecule has 11 heteroatoms. The van der Waals surface area contributed by atoms with Crippen molar-refractivity contribution in [3.05, 3.63) is 109 Å². The van der Waals surface area contributed by atoms with Crippen molar-refractivity contribution in [2.75, 3.05) is 0 Å². The molecule has 0 N–H and O–H groups in total. The molecule has 0 spiro atoms. The van der Waals surface area contributed by atoms with Crippen molar-refractivity contribution >= 4 is 56.8 Å². The largest absolute Gasteiger partial charge is 0.316 e. The summed E-state index contributed by atoms with van der Waals surface area (Å²) in [5.41, 5.74) is 3.34. The molecule has 5 rings (SSSR count). The van der Waals surface area contributed by atoms with Gasteiger partial charge in [-0.25, -0.2) is 4.98 Å². The lowest BCUT2D eigenvalue weighted by Gasteiger charge is -2.11. The number of hydrogen-bond acceptors (Lipinski definition) is 7. The Labute approximate surface area is 218 Å². The number of thiophene rings is 1. The first-order chi connectivity index (χ1) is 17.3. The number of aryl methyl sites for hydroxylation is 1. The monoisotopic (exact) mass is 535 g/mol. The molecular formula is C25H18ClN5O3S2. The zero-order valence-corrected chi connectivity index (χ0v) is 21.5. The Morgan fingerprint density at radius 1 is 1.14 bits per heavy atom. The fourth-order valence-electron chi connectivity index (χ4n) is 3.87. The summed E-state index contributed by atoms with van der Waals surface area (Å²) in [6.45, 7) is 3.95. The third-order valence-electron chi connectivity index (χ3n) is 5.57. The van der Waals surface area contributed by atoms with Crippen molar-refractivity contribution < 1.29 is 4.92 Å². The van der Waals surface area contributed by atoms with Crippen molar-refractivity contribution in [3.8, 4) is 5.69 Å². The van der Waals surface area contributed by atoms with E-state index in [1.165, 1.54) is 40.2 Å². The molecule has 0 saturated heterocycles. The van der Waals surface area contributed by atoms with Crippen LogP contribution >= 0.6 is 34.7 Å². The topological polar surface area (TPSA) is 95.3 Å². The first kappa shape index (κ1) is 24.0. The van der Waals surface area contributed by atoms with Crippen LogP contribution in [0.25, 0.3) is 15.9 Å². The minimum absolute atomic E-state index is 0.0179. The fourth-order valence-corrected chi connectivity index (χ4v) is 6.28. The van der Waals surface area contributed by atoms with Crippen LogP contribution in [0.2, 0.25) is 5.02 Å². The van der Waals surface area contributed by atoms with Gasteiger partial charge in [0.15, 0.2) is 0 Å². The number of nitro benzene ring substituents is 1. The second kappa shape index (κ2) is 9.73. The lowest BCUT2D eigenvalue weighted by Crippen LogP contribution is -2.16. The Balaban J connectivity index is 1.46. The summed E-state index contributed by atoms with van der Waals surface area (Å²) >= 11 is 8.94. The summed E-state index contributed by atoms with van der Waals surface area (Å²) in [4.78, 5) is 29.4. The van der Waals surface area contributed by atoms with E-state index in [4.69, 9.17) is 11.6 Å². The van der Waals surface area contributed by atoms with Gasteiger partial charge in [0.05, 0.1) is 36.3 Å². The predicted molar refractivity (Wildman–Crippen MR) is 144 cm³/mol. The lowest BCUT2D eigenvalue weighted by molar-refractivity contribution is -0.387. The smallest absolute Gasteiger partial charge is 0.283 e. The number of fused-ring (bicyclic) bond motifs is 1. The summed E-state index contributed by atoms with van der Waals surface area (Å²) in [6.07, 6.45) is 3.00. The van der Waals surface area contributed by atoms with Gasteiger partial charge in [0.1, 0.15) is 11.2 Å². The van der Waals surface area contributed by atoms with Gasteiger partial charge in [-0.15, -0.1) is 11.3 Å². The van der Waals surface area contributed by atoms with Gasteiger partial charge in [-0.3, -0.25) is 14.9 Å². The second-order valence-corrected chi connectivity index (χ2v) is 10.6. The van der Waals surface area contributed by atoms with Gasteiger partial charge in [0.25, 0.3) is 11.2 Å². The van der Waals surface area contributed by atoms with Crippen LogP contribution in [0.4, 0.5) is 5.69 Å². The number of nitro groups is 1. The molecule has 2 aromatic carbocycles. The van der Waals surface area contributed by atoms with Crippen LogP contribution in [-0.4, -0.2) is 25.4 Å². The molecule has 0 unspecified atom stereocenters. The van der Waals surface area contributed by atoms with Crippen molar-refractivity contribution in [2.24, 2.45) is 5.10 Å². The molecule has 0 aliphatic heterocycles. The highest BCUT2D eigenvalue weighted by Gasteiger charge is 2.17. The molecule has 0 radical (unpaired) electrons. The summed E-state index contributed by atoms with van der Waals surface area (Å²) in [5.74, 6) is 0. The zero-order valence-electron chi connectivity index (χ0n) is 19.1. The predicted octanol–water partition coefficient (Wildman–Crippen LogP) is 6.46. The molecule has 0 amide bonds. The van der Waals surface area contributed by atoms with Gasteiger partial charge in [0.2, 0.25) is 0 Å². The van der Waals surface area contributed by atoms with Gasteiger partial charge in [-0.2, -0.15) is 9.78 Å². The van der Waals surface area contributed by atoms with Gasteiger partial charge in [-0.05, 0) is 44.2 Å². The zero-order chi connectivity index (χ0) is 25.4. The number of nitrogens with zero attached hydrogens (tertiary/aromatic N) is 5. The maximum absolute atomic E-state index is 13.1. The molecule has 0 bridgehead atoms. The Morgan fingerprint density at radius 3 is 2.67 bits per heavy atom. The first-order valence-electron chi connectivity index (χ1n) is 10.7. The quantitative estimate of drug-likeness (QED) is 0.141. The number of benzene rings is 2. The lowest BCUT2D eigenvalue weighted by atomic mass is 10.2. The highest BCUT2D eigenvalue weighted by Crippen LogP contribution is 2.39. The molecule has 0 saturated carbocycles. The minimum Gasteiger partial charge on any atom is -0.316 e. The molecule has 3 heterocycles. The Morgan fingerprint density at radius 2 is 1.89 bits per heavy atom. The van der Waals surface area contributed by atoms with Crippen molar-refractivity contribution in [3.63, 3.8) is 0 Å². The summed E-state index contributed by atoms with van der Waals surface area (Å²) in [7, 11) is 0. The summed E-state index contributed by atoms with van der Waals surface area (Å²) in [6, 6.07) is 17.8. The van der Waals surface area contributed by atoms with E-state index >= 15 is 0 Å². The van der Waals surface area contributed by atoms with Crippen LogP contribution in [0.15, 0.2) is 86.0 Å². The van der Waals surface area contributed by atoms with E-state index in [9.17, 15) is 14.9 Å². The molecule has 0 atom stereocenters. The number of rotatable bonds is 6. The van der Waals surface area contributed by atoms with E-state index < -0.39 is 4.92 Å². The number of halogens is 1. The van der Waals surface area contributed by atoms with Gasteiger partial charge >= 0.3 is 0 Å². The van der Waals surface area contributed by atoms with Crippen molar-refractivity contribution in [2.45, 2.75) is 23.0 Å². The molecule has 3 aromatic heterocycles. The average Bonchev–Trinajstić information content (AvgIpc) is 3.39. The standard InChI is InChI=1S/C25H18ClN5O3S2/c1-15-11-17(16(2)30(15)20-8-4-3-7-19(20)26)13-28-29-14-27-24-18(25(29)32)12-23(36-24)35-22-10-6-5-9-21(22)31(33)34/h3-14H,1-2H3/b28-13-. The minimum atomic E-state index is -0.418. The van der Waals surface area contributed by atoms with Gasteiger partial charge in [-0.1, -0.05) is 47.6 Å². The van der Waals surface area contributed by atoms with E-state index in [-0.39, 0.29) is 11.2 Å². The molecule has 180 valence electrons. The molecule has 0 aliphatic rings. The molecule has 0 aliphatic carbocycles. The number of para-hydroxylation sites is 2. The third kappa shape index (κ3) is 4.46. The molecule has 36 heavy (non-hydrogen) atoms. The van der Waals surface area contributed by atoms with E-state index in [0.29, 0.717) is 20.1 Å². The van der Waals surface area contributed by atoms with Crippen molar-refractivity contribution in [1.29, 1.82) is 0 Å². The molecule has 0 fully saturated rings. The Kier molecular flexibility index (Phi) is 6.48. The van der Waals surface area contributed by atoms with E-state index in [2.05, 4.69) is 10.1 Å². The van der Waals surface area contributed by atoms with Crippen LogP contribution in [0.3, 0.4) is 0 Å². The van der Waals surface area contributed by atoms with E-state index in [1.807, 2.05) is 48.7 Å². The van der Waals surface area contributed by atoms with Gasteiger partial charge in [0, 0.05) is 23.0 Å². The normalized spacial score (nSPS) is 11.5. The average molecular weight is 536 g/mol. The number of aromatic nitrogens is 3. The fraction of sp³-hybridized carbons (Fsp3) is 0.0800. The highest BCUT2D eigenvalue weighted by atomic mass is 35.5. The van der Waals surface area contributed by atoms with Gasteiger partial charge < -0.3 is 4.57 Å². The molecular weight excluding hydrogens is 518 g/mol. The summed E-state index contributed by atoms with van der Waals surface area (Å²) in [5, 5.41) is 16.7. The van der Waals surface area contributed by atoms with Crippen LogP contribution in [-0.2, 0) is 0 Å². The van der Waals surface area contributed by atoms with Crippen LogP contribution in [0.5, 0.6) is 0 Å². The van der Waals surface area contributed by atoms with E-state index in [1.54, 1.807) is 30.5 Å². The Hall–Kier alpha value is -3.73. The second-order valence-electron chi connectivity index (χ2n) is 7.86. The van der Waals surface area contributed by atoms with Crippen LogP contribution in [0, 0.1) is 24.0 Å². The molecule has 5 aromatic rings.